The number of nitrogens with one attached hydrogen (secondary N) is 1. The number of hydrogen-bond acceptors (Lipinski definition) is 9. The van der Waals surface area contributed by atoms with E-state index in [-0.39, 0.29) is 36.5 Å². The predicted octanol–water partition coefficient (Wildman–Crippen LogP) is 1.82. The lowest BCUT2D eigenvalue weighted by atomic mass is 10.1. The number of ether oxygens (including phenoxy) is 1. The van der Waals surface area contributed by atoms with E-state index in [0.29, 0.717) is 24.2 Å². The van der Waals surface area contributed by atoms with Crippen LogP contribution in [0, 0.1) is 5.82 Å². The first-order valence-electron chi connectivity index (χ1n) is 11.6. The Morgan fingerprint density at radius 2 is 1.97 bits per heavy atom. The van der Waals surface area contributed by atoms with Crippen LogP contribution in [0.15, 0.2) is 22.7 Å². The molecule has 3 rings (SSSR count). The number of halogens is 2. The number of hydrogen-bond donors (Lipinski definition) is 3. The van der Waals surface area contributed by atoms with Gasteiger partial charge in [0.2, 0.25) is 0 Å². The van der Waals surface area contributed by atoms with Crippen LogP contribution < -0.4 is 15.0 Å². The molecule has 0 radical (unpaired) electrons. The van der Waals surface area contributed by atoms with Crippen molar-refractivity contribution >= 4 is 24.3 Å². The molecule has 1 aromatic heterocycles. The minimum absolute atomic E-state index is 0. The summed E-state index contributed by atoms with van der Waals surface area (Å²) in [6, 6.07) is 4.92. The summed E-state index contributed by atoms with van der Waals surface area (Å²) in [5, 5.41) is 24.5. The Balaban J connectivity index is 0.00000432. The number of amides is 1. The van der Waals surface area contributed by atoms with E-state index < -0.39 is 24.4 Å². The van der Waals surface area contributed by atoms with Gasteiger partial charge in [0.1, 0.15) is 11.6 Å². The summed E-state index contributed by atoms with van der Waals surface area (Å²) in [6.45, 7) is 9.30. The van der Waals surface area contributed by atoms with E-state index in [1.54, 1.807) is 6.07 Å². The minimum Gasteiger partial charge on any atom is -0.493 e. The van der Waals surface area contributed by atoms with E-state index in [2.05, 4.69) is 32.2 Å². The van der Waals surface area contributed by atoms with Crippen LogP contribution in [0.3, 0.4) is 0 Å². The number of aliphatic hydroxyl groups is 2. The zero-order valence-corrected chi connectivity index (χ0v) is 21.1. The first kappa shape index (κ1) is 28.8. The topological polar surface area (TPSA) is 124 Å². The second-order valence-corrected chi connectivity index (χ2v) is 8.79. The van der Waals surface area contributed by atoms with Crippen molar-refractivity contribution in [2.75, 3.05) is 50.8 Å². The fraction of sp³-hybridized carbons (Fsp3) is 0.609. The monoisotopic (exact) mass is 515 g/mol. The molecule has 0 bridgehead atoms. The molecule has 196 valence electrons. The molecule has 1 aromatic carbocycles. The third-order valence-electron chi connectivity index (χ3n) is 5.85. The molecule has 35 heavy (non-hydrogen) atoms. The van der Waals surface area contributed by atoms with Gasteiger partial charge in [-0.15, -0.1) is 12.4 Å². The largest absolute Gasteiger partial charge is 0.493 e. The highest BCUT2D eigenvalue weighted by molar-refractivity contribution is 5.94. The smallest absolute Gasteiger partial charge is 0.324 e. The Hall–Kier alpha value is -2.47. The van der Waals surface area contributed by atoms with Gasteiger partial charge in [0.15, 0.2) is 5.82 Å². The molecule has 1 aliphatic heterocycles. The molecule has 3 N–H and O–H groups in total. The van der Waals surface area contributed by atoms with Crippen LogP contribution in [-0.2, 0) is 0 Å². The quantitative estimate of drug-likeness (QED) is 0.411. The Labute approximate surface area is 210 Å². The second-order valence-electron chi connectivity index (χ2n) is 8.79. The summed E-state index contributed by atoms with van der Waals surface area (Å²) in [5.74, 6) is -0.0801. The third kappa shape index (κ3) is 8.03. The molecule has 1 aliphatic rings. The molecular formula is C23H35ClFN5O5. The number of piperazine rings is 1. The van der Waals surface area contributed by atoms with Crippen molar-refractivity contribution < 1.29 is 28.7 Å². The lowest BCUT2D eigenvalue weighted by Crippen LogP contribution is -2.50. The van der Waals surface area contributed by atoms with Crippen LogP contribution >= 0.6 is 12.4 Å². The lowest BCUT2D eigenvalue weighted by molar-refractivity contribution is 0.0799. The molecule has 10 nitrogen and oxygen atoms in total. The summed E-state index contributed by atoms with van der Waals surface area (Å²) < 4.78 is 25.4. The molecule has 2 atom stereocenters. The highest BCUT2D eigenvalue weighted by Crippen LogP contribution is 2.20. The SMILES string of the molecule is CC(C)c1noc(N2CCN(C(C)CCOc3ccc(C(=O)NC[C@@H](O)CO)c(F)c3)CC2)n1.Cl. The number of nitrogens with zero attached hydrogens (tertiary/aromatic N) is 4. The van der Waals surface area contributed by atoms with Crippen molar-refractivity contribution in [3.8, 4) is 5.75 Å². The number of anilines is 1. The maximum atomic E-state index is 14.3. The number of benzene rings is 1. The zero-order valence-electron chi connectivity index (χ0n) is 20.3. The van der Waals surface area contributed by atoms with Crippen LogP contribution in [0.2, 0.25) is 0 Å². The van der Waals surface area contributed by atoms with Gasteiger partial charge in [-0.3, -0.25) is 9.69 Å². The van der Waals surface area contributed by atoms with E-state index in [0.717, 1.165) is 32.6 Å². The standard InChI is InChI=1S/C23H34FN5O5.ClH/c1-15(2)21-26-23(34-27-21)29-9-7-28(8-10-29)16(3)6-11-33-18-4-5-19(20(24)12-18)22(32)25-13-17(31)14-30;/h4-5,12,15-17,30-31H,6-11,13-14H2,1-3H3,(H,25,32);1H/t16?,17-;/m1./s1. The third-order valence-corrected chi connectivity index (χ3v) is 5.85. The average molecular weight is 516 g/mol. The summed E-state index contributed by atoms with van der Waals surface area (Å²) in [5.41, 5.74) is -0.148. The number of carbonyl (C=O) groups is 1. The van der Waals surface area contributed by atoms with Gasteiger partial charge in [0.25, 0.3) is 5.91 Å². The van der Waals surface area contributed by atoms with Crippen LogP contribution in [-0.4, -0.2) is 89.2 Å². The first-order chi connectivity index (χ1) is 16.3. The van der Waals surface area contributed by atoms with Crippen LogP contribution in [0.4, 0.5) is 10.4 Å². The first-order valence-corrected chi connectivity index (χ1v) is 11.6. The van der Waals surface area contributed by atoms with Crippen molar-refractivity contribution in [1.29, 1.82) is 0 Å². The zero-order chi connectivity index (χ0) is 24.7. The van der Waals surface area contributed by atoms with Crippen molar-refractivity contribution in [2.45, 2.75) is 45.3 Å². The summed E-state index contributed by atoms with van der Waals surface area (Å²) in [6.07, 6.45) is -0.322. The van der Waals surface area contributed by atoms with Crippen LogP contribution in [0.25, 0.3) is 0 Å². The molecule has 1 saturated heterocycles. The normalized spacial score (nSPS) is 16.0. The molecule has 0 saturated carbocycles. The summed E-state index contributed by atoms with van der Waals surface area (Å²) in [4.78, 5) is 20.9. The summed E-state index contributed by atoms with van der Waals surface area (Å²) in [7, 11) is 0. The Kier molecular flexibility index (Phi) is 11.2. The van der Waals surface area contributed by atoms with Crippen molar-refractivity contribution in [2.24, 2.45) is 0 Å². The molecule has 1 unspecified atom stereocenters. The molecule has 12 heteroatoms. The van der Waals surface area contributed by atoms with E-state index in [1.807, 2.05) is 13.8 Å². The number of rotatable bonds is 11. The summed E-state index contributed by atoms with van der Waals surface area (Å²) >= 11 is 0. The van der Waals surface area contributed by atoms with Gasteiger partial charge in [-0.05, 0) is 25.5 Å². The van der Waals surface area contributed by atoms with Gasteiger partial charge in [0, 0.05) is 50.7 Å². The van der Waals surface area contributed by atoms with Gasteiger partial charge in [-0.25, -0.2) is 4.39 Å². The molecule has 2 heterocycles. The minimum atomic E-state index is -1.09. The molecule has 0 spiro atoms. The van der Waals surface area contributed by atoms with Crippen molar-refractivity contribution in [1.82, 2.24) is 20.4 Å². The Morgan fingerprint density at radius 1 is 1.26 bits per heavy atom. The fourth-order valence-corrected chi connectivity index (χ4v) is 3.61. The van der Waals surface area contributed by atoms with E-state index in [4.69, 9.17) is 14.4 Å². The van der Waals surface area contributed by atoms with E-state index in [1.165, 1.54) is 12.1 Å². The van der Waals surface area contributed by atoms with Gasteiger partial charge in [-0.2, -0.15) is 4.98 Å². The molecular weight excluding hydrogens is 481 g/mol. The Morgan fingerprint density at radius 3 is 2.57 bits per heavy atom. The van der Waals surface area contributed by atoms with Gasteiger partial charge >= 0.3 is 6.01 Å². The second kappa shape index (κ2) is 13.6. The number of aromatic nitrogens is 2. The van der Waals surface area contributed by atoms with Crippen LogP contribution in [0.1, 0.15) is 49.3 Å². The average Bonchev–Trinajstić information content (AvgIpc) is 3.33. The predicted molar refractivity (Wildman–Crippen MR) is 131 cm³/mol. The van der Waals surface area contributed by atoms with Gasteiger partial charge in [-0.1, -0.05) is 19.0 Å². The molecule has 2 aromatic rings. The maximum Gasteiger partial charge on any atom is 0.324 e. The fourth-order valence-electron chi connectivity index (χ4n) is 3.61. The number of carbonyl (C=O) groups excluding carboxylic acids is 1. The van der Waals surface area contributed by atoms with Crippen molar-refractivity contribution in [3.63, 3.8) is 0 Å². The highest BCUT2D eigenvalue weighted by atomic mass is 35.5. The molecule has 1 amide bonds. The number of aliphatic hydroxyl groups excluding tert-OH is 2. The Bertz CT molecular complexity index is 939. The van der Waals surface area contributed by atoms with Gasteiger partial charge in [0.05, 0.1) is 24.9 Å². The lowest BCUT2D eigenvalue weighted by Gasteiger charge is -2.37. The van der Waals surface area contributed by atoms with E-state index >= 15 is 0 Å². The van der Waals surface area contributed by atoms with Crippen molar-refractivity contribution in [3.05, 3.63) is 35.4 Å². The molecule has 0 aliphatic carbocycles. The maximum absolute atomic E-state index is 14.3. The van der Waals surface area contributed by atoms with Crippen LogP contribution in [0.5, 0.6) is 5.75 Å². The molecule has 1 fully saturated rings. The van der Waals surface area contributed by atoms with Gasteiger partial charge < -0.3 is 29.7 Å². The van der Waals surface area contributed by atoms with E-state index in [9.17, 15) is 14.3 Å². The highest BCUT2D eigenvalue weighted by Gasteiger charge is 2.24.